The number of amides is 2. The number of hydrogen-bond acceptors (Lipinski definition) is 6. The molecule has 0 aliphatic rings. The van der Waals surface area contributed by atoms with Gasteiger partial charge < -0.3 is 15.0 Å². The maximum atomic E-state index is 12.7. The molecule has 0 fully saturated rings. The first-order valence-electron chi connectivity index (χ1n) is 8.40. The van der Waals surface area contributed by atoms with Gasteiger partial charge in [-0.2, -0.15) is 5.21 Å². The average Bonchev–Trinajstić information content (AvgIpc) is 3.22. The molecule has 2 amide bonds. The van der Waals surface area contributed by atoms with E-state index in [1.54, 1.807) is 20.8 Å². The van der Waals surface area contributed by atoms with Gasteiger partial charge in [-0.05, 0) is 37.6 Å². The van der Waals surface area contributed by atoms with Gasteiger partial charge in [0.1, 0.15) is 11.6 Å². The van der Waals surface area contributed by atoms with Crippen LogP contribution in [0.15, 0.2) is 30.5 Å². The van der Waals surface area contributed by atoms with Gasteiger partial charge in [0, 0.05) is 23.5 Å². The van der Waals surface area contributed by atoms with Crippen molar-refractivity contribution in [2.45, 2.75) is 38.8 Å². The number of carbonyl (C=O) groups excluding carboxylic acids is 2. The second kappa shape index (κ2) is 7.44. The lowest BCUT2D eigenvalue weighted by molar-refractivity contribution is -0.118. The van der Waals surface area contributed by atoms with Crippen molar-refractivity contribution in [1.82, 2.24) is 30.9 Å². The first-order valence-corrected chi connectivity index (χ1v) is 8.40. The number of alkyl carbamates (subject to hydrolysis) is 1. The molecule has 0 aliphatic heterocycles. The third-order valence-electron chi connectivity index (χ3n) is 3.69. The van der Waals surface area contributed by atoms with Crippen LogP contribution in [0.3, 0.4) is 0 Å². The zero-order chi connectivity index (χ0) is 19.4. The fourth-order valence-corrected chi connectivity index (χ4v) is 2.59. The summed E-state index contributed by atoms with van der Waals surface area (Å²) in [6.07, 6.45) is 1.39. The number of H-pyrrole nitrogens is 2. The molecule has 142 valence electrons. The van der Waals surface area contributed by atoms with Gasteiger partial charge >= 0.3 is 6.09 Å². The lowest BCUT2D eigenvalue weighted by atomic mass is 10.0. The Morgan fingerprint density at radius 2 is 2.04 bits per heavy atom. The number of nitrogens with one attached hydrogen (secondary N) is 4. The highest BCUT2D eigenvalue weighted by atomic mass is 16.6. The zero-order valence-corrected chi connectivity index (χ0v) is 15.2. The minimum atomic E-state index is -0.891. The Labute approximate surface area is 155 Å². The van der Waals surface area contributed by atoms with E-state index in [0.29, 0.717) is 0 Å². The molecule has 0 radical (unpaired) electrons. The Balaban J connectivity index is 1.80. The van der Waals surface area contributed by atoms with Crippen molar-refractivity contribution in [2.24, 2.45) is 0 Å². The number of nitrogens with zero attached hydrogens (tertiary/aromatic N) is 3. The number of fused-ring (bicyclic) bond motifs is 1. The van der Waals surface area contributed by atoms with E-state index in [4.69, 9.17) is 4.74 Å². The molecule has 3 rings (SSSR count). The highest BCUT2D eigenvalue weighted by Crippen LogP contribution is 2.19. The van der Waals surface area contributed by atoms with Crippen LogP contribution in [0.5, 0.6) is 0 Å². The molecule has 0 unspecified atom stereocenters. The molecule has 27 heavy (non-hydrogen) atoms. The summed E-state index contributed by atoms with van der Waals surface area (Å²) in [5, 5.41) is 19.1. The van der Waals surface area contributed by atoms with Crippen LogP contribution in [0.2, 0.25) is 0 Å². The van der Waals surface area contributed by atoms with Gasteiger partial charge in [-0.1, -0.05) is 23.3 Å². The van der Waals surface area contributed by atoms with Crippen LogP contribution in [0.4, 0.5) is 10.7 Å². The van der Waals surface area contributed by atoms with Crippen LogP contribution >= 0.6 is 0 Å². The minimum Gasteiger partial charge on any atom is -0.444 e. The van der Waals surface area contributed by atoms with E-state index in [-0.39, 0.29) is 12.4 Å². The van der Waals surface area contributed by atoms with Gasteiger partial charge in [0.15, 0.2) is 0 Å². The maximum Gasteiger partial charge on any atom is 0.408 e. The summed E-state index contributed by atoms with van der Waals surface area (Å²) in [7, 11) is 0. The van der Waals surface area contributed by atoms with Crippen molar-refractivity contribution < 1.29 is 14.3 Å². The normalized spacial score (nSPS) is 12.6. The summed E-state index contributed by atoms with van der Waals surface area (Å²) in [6.45, 7) is 5.25. The molecule has 2 aromatic heterocycles. The Bertz CT molecular complexity index is 928. The third-order valence-corrected chi connectivity index (χ3v) is 3.69. The van der Waals surface area contributed by atoms with Gasteiger partial charge in [0.2, 0.25) is 5.91 Å². The summed E-state index contributed by atoms with van der Waals surface area (Å²) >= 11 is 0. The molecule has 0 aliphatic carbocycles. The molecule has 2 heterocycles. The van der Waals surface area contributed by atoms with Crippen molar-refractivity contribution in [3.05, 3.63) is 36.0 Å². The van der Waals surface area contributed by atoms with Crippen LogP contribution in [0.1, 0.15) is 26.3 Å². The number of carbonyl (C=O) groups is 2. The van der Waals surface area contributed by atoms with Gasteiger partial charge in [-0.25, -0.2) is 4.79 Å². The molecule has 0 bridgehead atoms. The van der Waals surface area contributed by atoms with E-state index in [0.717, 1.165) is 16.5 Å². The topological polar surface area (TPSA) is 138 Å². The van der Waals surface area contributed by atoms with E-state index in [2.05, 4.69) is 36.2 Å². The Morgan fingerprint density at radius 3 is 2.74 bits per heavy atom. The second-order valence-corrected chi connectivity index (χ2v) is 6.99. The second-order valence-electron chi connectivity index (χ2n) is 6.99. The van der Waals surface area contributed by atoms with Crippen molar-refractivity contribution >= 4 is 28.9 Å². The van der Waals surface area contributed by atoms with Gasteiger partial charge in [-0.15, -0.1) is 5.10 Å². The minimum absolute atomic E-state index is 0.0231. The fraction of sp³-hybridized carbons (Fsp3) is 0.353. The molecule has 3 aromatic rings. The highest BCUT2D eigenvalue weighted by molar-refractivity contribution is 5.96. The number of ether oxygens (including phenoxy) is 1. The van der Waals surface area contributed by atoms with Gasteiger partial charge in [-0.3, -0.25) is 10.1 Å². The van der Waals surface area contributed by atoms with Gasteiger partial charge in [0.05, 0.1) is 0 Å². The summed E-state index contributed by atoms with van der Waals surface area (Å²) in [5.41, 5.74) is 1.15. The average molecular weight is 371 g/mol. The predicted molar refractivity (Wildman–Crippen MR) is 98.0 cm³/mol. The van der Waals surface area contributed by atoms with Crippen LogP contribution < -0.4 is 10.6 Å². The molecule has 1 aromatic carbocycles. The first-order chi connectivity index (χ1) is 12.8. The molecular formula is C17H21N7O3. The number of aromatic amines is 2. The van der Waals surface area contributed by atoms with E-state index in [9.17, 15) is 9.59 Å². The first kappa shape index (κ1) is 18.4. The van der Waals surface area contributed by atoms with Gasteiger partial charge in [0.25, 0.3) is 5.95 Å². The standard InChI is InChI=1S/C17H21N7O3/c1-17(2,3)27-16(26)19-13(14(25)20-15-21-23-24-22-15)8-10-9-18-12-7-5-4-6-11(10)12/h4-7,9,13,18H,8H2,1-3H3,(H,19,26)(H2,20,21,22,23,24,25)/t13-/m1/s1. The van der Waals surface area contributed by atoms with E-state index in [1.807, 2.05) is 30.5 Å². The van der Waals surface area contributed by atoms with Crippen molar-refractivity contribution in [3.8, 4) is 0 Å². The molecule has 0 saturated heterocycles. The van der Waals surface area contributed by atoms with Crippen LogP contribution in [-0.2, 0) is 16.0 Å². The van der Waals surface area contributed by atoms with Crippen LogP contribution in [0, 0.1) is 0 Å². The Morgan fingerprint density at radius 1 is 1.26 bits per heavy atom. The third kappa shape index (κ3) is 4.81. The number of benzene rings is 1. The number of rotatable bonds is 5. The van der Waals surface area contributed by atoms with E-state index < -0.39 is 23.6 Å². The van der Waals surface area contributed by atoms with Crippen LogP contribution in [-0.4, -0.2) is 49.3 Å². The largest absolute Gasteiger partial charge is 0.444 e. The highest BCUT2D eigenvalue weighted by Gasteiger charge is 2.26. The lowest BCUT2D eigenvalue weighted by Gasteiger charge is -2.23. The Kier molecular flexibility index (Phi) is 5.06. The maximum absolute atomic E-state index is 12.7. The number of anilines is 1. The predicted octanol–water partition coefficient (Wildman–Crippen LogP) is 1.76. The fourth-order valence-electron chi connectivity index (χ4n) is 2.59. The zero-order valence-electron chi connectivity index (χ0n) is 15.2. The van der Waals surface area contributed by atoms with Crippen molar-refractivity contribution in [3.63, 3.8) is 0 Å². The molecule has 10 heteroatoms. The molecular weight excluding hydrogens is 350 g/mol. The molecule has 10 nitrogen and oxygen atoms in total. The van der Waals surface area contributed by atoms with Crippen molar-refractivity contribution in [2.75, 3.05) is 5.32 Å². The summed E-state index contributed by atoms with van der Waals surface area (Å²) in [4.78, 5) is 28.0. The van der Waals surface area contributed by atoms with E-state index in [1.165, 1.54) is 0 Å². The quantitative estimate of drug-likeness (QED) is 0.539. The number of aromatic nitrogens is 5. The molecule has 4 N–H and O–H groups in total. The number of para-hydroxylation sites is 1. The summed E-state index contributed by atoms with van der Waals surface area (Å²) < 4.78 is 5.27. The molecule has 0 spiro atoms. The SMILES string of the molecule is CC(C)(C)OC(=O)N[C@H](Cc1c[nH]c2ccccc12)C(=O)Nc1nn[nH]n1. The van der Waals surface area contributed by atoms with Crippen LogP contribution in [0.25, 0.3) is 10.9 Å². The summed E-state index contributed by atoms with van der Waals surface area (Å²) in [5.74, 6) is -0.456. The smallest absolute Gasteiger partial charge is 0.408 e. The lowest BCUT2D eigenvalue weighted by Crippen LogP contribution is -2.47. The Hall–Kier alpha value is -3.43. The summed E-state index contributed by atoms with van der Waals surface area (Å²) in [6, 6.07) is 6.83. The van der Waals surface area contributed by atoms with E-state index >= 15 is 0 Å². The molecule has 1 atom stereocenters. The monoisotopic (exact) mass is 371 g/mol. The van der Waals surface area contributed by atoms with Crippen molar-refractivity contribution in [1.29, 1.82) is 0 Å². The number of tetrazole rings is 1. The number of hydrogen-bond donors (Lipinski definition) is 4. The molecule has 0 saturated carbocycles.